The molecule has 3 heteroatoms. The number of rotatable bonds is 3. The van der Waals surface area contributed by atoms with Crippen LogP contribution >= 0.6 is 0 Å². The normalized spacial score (nSPS) is 14.1. The minimum absolute atomic E-state index is 0.332. The molecule has 0 rings (SSSR count). The van der Waals surface area contributed by atoms with Crippen molar-refractivity contribution in [2.24, 2.45) is 22.1 Å². The van der Waals surface area contributed by atoms with E-state index < -0.39 is 0 Å². The molecular formula is C9H19N3. The summed E-state index contributed by atoms with van der Waals surface area (Å²) in [4.78, 5) is 0. The van der Waals surface area contributed by atoms with Crippen molar-refractivity contribution < 1.29 is 0 Å². The summed E-state index contributed by atoms with van der Waals surface area (Å²) in [6.45, 7) is 6.58. The van der Waals surface area contributed by atoms with Crippen molar-refractivity contribution >= 4 is 6.21 Å². The molecule has 0 amide bonds. The van der Waals surface area contributed by atoms with Crippen LogP contribution in [0.3, 0.4) is 0 Å². The summed E-state index contributed by atoms with van der Waals surface area (Å²) in [5, 5.41) is 3.34. The lowest BCUT2D eigenvalue weighted by atomic mass is 9.90. The minimum atomic E-state index is 0.332. The second-order valence-corrected chi connectivity index (χ2v) is 4.10. The predicted molar refractivity (Wildman–Crippen MR) is 53.6 cm³/mol. The molecule has 0 spiro atoms. The Morgan fingerprint density at radius 2 is 2.00 bits per heavy atom. The molecule has 0 unspecified atom stereocenters. The molecule has 70 valence electrons. The van der Waals surface area contributed by atoms with Gasteiger partial charge >= 0.3 is 0 Å². The van der Waals surface area contributed by atoms with Gasteiger partial charge in [0.2, 0.25) is 0 Å². The molecule has 0 fully saturated rings. The summed E-state index contributed by atoms with van der Waals surface area (Å²) < 4.78 is 0. The lowest BCUT2D eigenvalue weighted by molar-refractivity contribution is 0.377. The highest BCUT2D eigenvalue weighted by Gasteiger charge is 2.09. The molecule has 0 aromatic heterocycles. The Balaban J connectivity index is 3.79. The second kappa shape index (κ2) is 4.80. The monoisotopic (exact) mass is 169 g/mol. The zero-order chi connectivity index (χ0) is 9.61. The van der Waals surface area contributed by atoms with Crippen LogP contribution in [0.2, 0.25) is 0 Å². The summed E-state index contributed by atoms with van der Waals surface area (Å²) >= 11 is 0. The van der Waals surface area contributed by atoms with Crippen molar-refractivity contribution in [3.63, 3.8) is 0 Å². The Morgan fingerprint density at radius 1 is 1.42 bits per heavy atom. The number of hydrazone groups is 1. The maximum Gasteiger partial charge on any atom is 0.0482 e. The van der Waals surface area contributed by atoms with E-state index in [2.05, 4.69) is 25.9 Å². The van der Waals surface area contributed by atoms with Crippen molar-refractivity contribution in [2.75, 3.05) is 0 Å². The zero-order valence-corrected chi connectivity index (χ0v) is 8.17. The van der Waals surface area contributed by atoms with E-state index in [0.29, 0.717) is 5.41 Å². The fraction of sp³-hybridized carbons (Fsp3) is 0.667. The van der Waals surface area contributed by atoms with Crippen molar-refractivity contribution in [1.82, 2.24) is 0 Å². The molecule has 0 aliphatic rings. The SMILES string of the molecule is CC(C)(C)CCC(N)=CC=NN. The van der Waals surface area contributed by atoms with Crippen LogP contribution < -0.4 is 11.6 Å². The maximum absolute atomic E-state index is 5.68. The third-order valence-corrected chi connectivity index (χ3v) is 1.54. The molecule has 0 aromatic carbocycles. The Morgan fingerprint density at radius 3 is 2.42 bits per heavy atom. The topological polar surface area (TPSA) is 64.4 Å². The number of hydrogen-bond donors (Lipinski definition) is 2. The molecular weight excluding hydrogens is 150 g/mol. The van der Waals surface area contributed by atoms with E-state index >= 15 is 0 Å². The van der Waals surface area contributed by atoms with E-state index in [1.165, 1.54) is 6.21 Å². The fourth-order valence-corrected chi connectivity index (χ4v) is 0.741. The molecule has 0 bridgehead atoms. The summed E-state index contributed by atoms with van der Waals surface area (Å²) in [7, 11) is 0. The van der Waals surface area contributed by atoms with Gasteiger partial charge in [-0.25, -0.2) is 0 Å². The van der Waals surface area contributed by atoms with Gasteiger partial charge in [0.05, 0.1) is 0 Å². The Kier molecular flexibility index (Phi) is 4.40. The Bertz CT molecular complexity index is 175. The maximum atomic E-state index is 5.68. The van der Waals surface area contributed by atoms with Gasteiger partial charge in [0.15, 0.2) is 0 Å². The van der Waals surface area contributed by atoms with Crippen LogP contribution in [0, 0.1) is 5.41 Å². The van der Waals surface area contributed by atoms with Crippen LogP contribution in [0.15, 0.2) is 16.9 Å². The average Bonchev–Trinajstić information content (AvgIpc) is 1.95. The first-order valence-corrected chi connectivity index (χ1v) is 4.13. The van der Waals surface area contributed by atoms with E-state index in [0.717, 1.165) is 18.5 Å². The van der Waals surface area contributed by atoms with Gasteiger partial charge in [0, 0.05) is 11.9 Å². The highest BCUT2D eigenvalue weighted by atomic mass is 15.1. The van der Waals surface area contributed by atoms with E-state index in [4.69, 9.17) is 11.6 Å². The third kappa shape index (κ3) is 7.12. The molecule has 0 atom stereocenters. The second-order valence-electron chi connectivity index (χ2n) is 4.10. The van der Waals surface area contributed by atoms with E-state index in [-0.39, 0.29) is 0 Å². The summed E-state index contributed by atoms with van der Waals surface area (Å²) in [5.41, 5.74) is 6.85. The molecule has 3 nitrogen and oxygen atoms in total. The van der Waals surface area contributed by atoms with Gasteiger partial charge in [0.1, 0.15) is 0 Å². The standard InChI is InChI=1S/C9H19N3/c1-9(2,3)6-4-8(10)5-7-12-11/h5,7H,4,6,10-11H2,1-3H3. The lowest BCUT2D eigenvalue weighted by Crippen LogP contribution is -2.08. The van der Waals surface area contributed by atoms with Crippen LogP contribution in [-0.2, 0) is 0 Å². The predicted octanol–water partition coefficient (Wildman–Crippen LogP) is 1.60. The summed E-state index contributed by atoms with van der Waals surface area (Å²) in [5.74, 6) is 4.93. The lowest BCUT2D eigenvalue weighted by Gasteiger charge is -2.17. The summed E-state index contributed by atoms with van der Waals surface area (Å²) in [6, 6.07) is 0. The van der Waals surface area contributed by atoms with Gasteiger partial charge < -0.3 is 11.6 Å². The number of nitrogens with two attached hydrogens (primary N) is 2. The Hall–Kier alpha value is -0.990. The van der Waals surface area contributed by atoms with Crippen LogP contribution in [-0.4, -0.2) is 6.21 Å². The van der Waals surface area contributed by atoms with Crippen molar-refractivity contribution in [1.29, 1.82) is 0 Å². The first-order chi connectivity index (χ1) is 5.45. The van der Waals surface area contributed by atoms with Crippen molar-refractivity contribution in [2.45, 2.75) is 33.6 Å². The first kappa shape index (κ1) is 11.0. The molecule has 0 radical (unpaired) electrons. The number of allylic oxidation sites excluding steroid dienone is 2. The van der Waals surface area contributed by atoms with Gasteiger partial charge in [-0.3, -0.25) is 0 Å². The van der Waals surface area contributed by atoms with Gasteiger partial charge in [0.25, 0.3) is 0 Å². The zero-order valence-electron chi connectivity index (χ0n) is 8.17. The molecule has 0 aliphatic heterocycles. The van der Waals surface area contributed by atoms with Crippen molar-refractivity contribution in [3.05, 3.63) is 11.8 Å². The quantitative estimate of drug-likeness (QED) is 0.383. The molecule has 0 aromatic rings. The van der Waals surface area contributed by atoms with Crippen LogP contribution in [0.1, 0.15) is 33.6 Å². The molecule has 0 heterocycles. The largest absolute Gasteiger partial charge is 0.402 e. The highest BCUT2D eigenvalue weighted by molar-refractivity contribution is 5.71. The molecule has 0 saturated heterocycles. The van der Waals surface area contributed by atoms with Gasteiger partial charge in [-0.15, -0.1) is 0 Å². The van der Waals surface area contributed by atoms with Gasteiger partial charge in [-0.1, -0.05) is 20.8 Å². The minimum Gasteiger partial charge on any atom is -0.402 e. The molecule has 0 aliphatic carbocycles. The number of hydrogen-bond acceptors (Lipinski definition) is 3. The van der Waals surface area contributed by atoms with Crippen molar-refractivity contribution in [3.8, 4) is 0 Å². The highest BCUT2D eigenvalue weighted by Crippen LogP contribution is 2.21. The average molecular weight is 169 g/mol. The van der Waals surface area contributed by atoms with E-state index in [1.54, 1.807) is 6.08 Å². The molecule has 0 saturated carbocycles. The van der Waals surface area contributed by atoms with Crippen LogP contribution in [0.4, 0.5) is 0 Å². The van der Waals surface area contributed by atoms with E-state index in [9.17, 15) is 0 Å². The first-order valence-electron chi connectivity index (χ1n) is 4.13. The molecule has 12 heavy (non-hydrogen) atoms. The fourth-order valence-electron chi connectivity index (χ4n) is 0.741. The van der Waals surface area contributed by atoms with Crippen LogP contribution in [0.25, 0.3) is 0 Å². The smallest absolute Gasteiger partial charge is 0.0482 e. The van der Waals surface area contributed by atoms with Crippen LogP contribution in [0.5, 0.6) is 0 Å². The van der Waals surface area contributed by atoms with Gasteiger partial charge in [-0.2, -0.15) is 5.10 Å². The third-order valence-electron chi connectivity index (χ3n) is 1.54. The Labute approximate surface area is 74.5 Å². The van der Waals surface area contributed by atoms with Gasteiger partial charge in [-0.05, 0) is 24.3 Å². The summed E-state index contributed by atoms with van der Waals surface area (Å²) in [6.07, 6.45) is 5.23. The van der Waals surface area contributed by atoms with E-state index in [1.807, 2.05) is 0 Å². The number of nitrogens with zero attached hydrogens (tertiary/aromatic N) is 1. The molecule has 4 N–H and O–H groups in total.